The van der Waals surface area contributed by atoms with E-state index in [1.807, 2.05) is 0 Å². The Bertz CT molecular complexity index is 693. The number of carbonyl (C=O) groups excluding carboxylic acids is 5. The lowest BCUT2D eigenvalue weighted by Crippen LogP contribution is -2.57. The topological polar surface area (TPSA) is 137 Å². The van der Waals surface area contributed by atoms with Crippen LogP contribution in [0, 0.1) is 5.41 Å². The van der Waals surface area contributed by atoms with Crippen molar-refractivity contribution >= 4 is 29.5 Å². The van der Waals surface area contributed by atoms with Gasteiger partial charge in [0.05, 0.1) is 24.5 Å². The molecule has 1 saturated carbocycles. The van der Waals surface area contributed by atoms with E-state index in [1.165, 1.54) is 0 Å². The monoisotopic (exact) mass is 423 g/mol. The zero-order valence-corrected chi connectivity index (χ0v) is 18.0. The van der Waals surface area contributed by atoms with Crippen LogP contribution in [0.2, 0.25) is 0 Å². The van der Waals surface area contributed by atoms with Crippen LogP contribution in [0.4, 0.5) is 0 Å². The van der Waals surface area contributed by atoms with Crippen LogP contribution in [-0.4, -0.2) is 73.2 Å². The Kier molecular flexibility index (Phi) is 8.19. The average molecular weight is 424 g/mol. The van der Waals surface area contributed by atoms with Crippen LogP contribution in [0.25, 0.3) is 0 Å². The van der Waals surface area contributed by atoms with Crippen molar-refractivity contribution in [3.63, 3.8) is 0 Å². The minimum absolute atomic E-state index is 0.00221. The smallest absolute Gasteiger partial charge is 0.239 e. The summed E-state index contributed by atoms with van der Waals surface area (Å²) in [6.45, 7) is 3.12. The number of rotatable bonds is 0. The fourth-order valence-corrected chi connectivity index (χ4v) is 3.84. The number of amides is 5. The van der Waals surface area contributed by atoms with Gasteiger partial charge in [-0.3, -0.25) is 24.0 Å². The summed E-state index contributed by atoms with van der Waals surface area (Å²) in [5.74, 6) is -1.72. The van der Waals surface area contributed by atoms with E-state index < -0.39 is 23.1 Å². The summed E-state index contributed by atoms with van der Waals surface area (Å²) in [6.07, 6.45) is 3.42. The first-order valence-electron chi connectivity index (χ1n) is 10.5. The maximum absolute atomic E-state index is 13.1. The van der Waals surface area contributed by atoms with Crippen molar-refractivity contribution in [3.05, 3.63) is 0 Å². The van der Waals surface area contributed by atoms with Crippen LogP contribution < -0.4 is 21.3 Å². The van der Waals surface area contributed by atoms with Gasteiger partial charge in [-0.15, -0.1) is 0 Å². The Labute approximate surface area is 176 Å². The predicted molar refractivity (Wildman–Crippen MR) is 109 cm³/mol. The van der Waals surface area contributed by atoms with Crippen LogP contribution >= 0.6 is 0 Å². The van der Waals surface area contributed by atoms with Crippen molar-refractivity contribution in [2.45, 2.75) is 64.5 Å². The zero-order chi connectivity index (χ0) is 22.3. The lowest BCUT2D eigenvalue weighted by atomic mass is 9.86. The molecule has 5 amide bonds. The summed E-state index contributed by atoms with van der Waals surface area (Å²) in [4.78, 5) is 62.9. The second-order valence-electron chi connectivity index (χ2n) is 8.66. The average Bonchev–Trinajstić information content (AvgIpc) is 2.72. The molecular weight excluding hydrogens is 390 g/mol. The molecule has 0 aromatic rings. The molecule has 1 aliphatic heterocycles. The van der Waals surface area contributed by atoms with Crippen LogP contribution in [0.1, 0.15) is 52.4 Å². The SMILES string of the molecule is CN1C(=O)C(C)(C)CNC(=O)CNC(=O)CNC(=O)CCC(=O)NC2CCCCC21. The molecule has 168 valence electrons. The zero-order valence-electron chi connectivity index (χ0n) is 18.0. The molecule has 0 aromatic heterocycles. The first kappa shape index (κ1) is 23.6. The number of nitrogens with one attached hydrogen (secondary N) is 4. The van der Waals surface area contributed by atoms with Gasteiger partial charge >= 0.3 is 0 Å². The molecule has 2 aliphatic rings. The third-order valence-corrected chi connectivity index (χ3v) is 5.67. The second-order valence-corrected chi connectivity index (χ2v) is 8.66. The van der Waals surface area contributed by atoms with E-state index in [9.17, 15) is 24.0 Å². The number of hydrogen-bond acceptors (Lipinski definition) is 5. The van der Waals surface area contributed by atoms with Crippen molar-refractivity contribution in [2.75, 3.05) is 26.7 Å². The molecule has 10 heteroatoms. The van der Waals surface area contributed by atoms with Crippen LogP contribution in [0.5, 0.6) is 0 Å². The summed E-state index contributed by atoms with van der Waals surface area (Å²) in [5, 5.41) is 10.5. The Hall–Kier alpha value is -2.65. The highest BCUT2D eigenvalue weighted by atomic mass is 16.2. The lowest BCUT2D eigenvalue weighted by Gasteiger charge is -2.41. The van der Waals surface area contributed by atoms with Gasteiger partial charge in [0.15, 0.2) is 0 Å². The summed E-state index contributed by atoms with van der Waals surface area (Å²) in [6, 6.07) is -0.324. The first-order valence-corrected chi connectivity index (χ1v) is 10.5. The first-order chi connectivity index (χ1) is 14.1. The van der Waals surface area contributed by atoms with Gasteiger partial charge < -0.3 is 26.2 Å². The Morgan fingerprint density at radius 2 is 1.37 bits per heavy atom. The highest BCUT2D eigenvalue weighted by Crippen LogP contribution is 2.27. The van der Waals surface area contributed by atoms with Crippen molar-refractivity contribution < 1.29 is 24.0 Å². The normalized spacial score (nSPS) is 27.6. The number of nitrogens with zero attached hydrogens (tertiary/aromatic N) is 1. The van der Waals surface area contributed by atoms with Gasteiger partial charge in [-0.25, -0.2) is 0 Å². The van der Waals surface area contributed by atoms with Crippen LogP contribution in [0.15, 0.2) is 0 Å². The summed E-state index contributed by atoms with van der Waals surface area (Å²) >= 11 is 0. The molecule has 0 aromatic carbocycles. The summed E-state index contributed by atoms with van der Waals surface area (Å²) in [5.41, 5.74) is -0.847. The van der Waals surface area contributed by atoms with E-state index >= 15 is 0 Å². The molecule has 2 rings (SSSR count). The molecule has 0 spiro atoms. The largest absolute Gasteiger partial charge is 0.354 e. The maximum Gasteiger partial charge on any atom is 0.239 e. The van der Waals surface area contributed by atoms with E-state index in [-0.39, 0.29) is 56.4 Å². The van der Waals surface area contributed by atoms with Crippen molar-refractivity contribution in [1.82, 2.24) is 26.2 Å². The molecule has 1 heterocycles. The Morgan fingerprint density at radius 3 is 2.07 bits per heavy atom. The molecule has 30 heavy (non-hydrogen) atoms. The molecule has 2 unspecified atom stereocenters. The quantitative estimate of drug-likeness (QED) is 0.398. The van der Waals surface area contributed by atoms with E-state index in [0.29, 0.717) is 0 Å². The third kappa shape index (κ3) is 6.70. The van der Waals surface area contributed by atoms with E-state index in [1.54, 1.807) is 25.8 Å². The summed E-state index contributed by atoms with van der Waals surface area (Å²) < 4.78 is 0. The summed E-state index contributed by atoms with van der Waals surface area (Å²) in [7, 11) is 1.73. The van der Waals surface area contributed by atoms with Crippen LogP contribution in [-0.2, 0) is 24.0 Å². The predicted octanol–water partition coefficient (Wildman–Crippen LogP) is -0.959. The van der Waals surface area contributed by atoms with E-state index in [2.05, 4.69) is 21.3 Å². The Morgan fingerprint density at radius 1 is 0.800 bits per heavy atom. The molecule has 2 fully saturated rings. The molecule has 1 aliphatic carbocycles. The van der Waals surface area contributed by atoms with E-state index in [0.717, 1.165) is 25.7 Å². The standard InChI is InChI=1S/C20H33N5O5/c1-20(2)12-23-18(29)11-22-17(28)10-21-15(26)8-9-16(27)24-13-6-4-5-7-14(13)25(3)19(20)30/h13-14H,4-12H2,1-3H3,(H,21,26)(H,22,28)(H,23,29)(H,24,27). The molecule has 4 N–H and O–H groups in total. The molecule has 1 saturated heterocycles. The lowest BCUT2D eigenvalue weighted by molar-refractivity contribution is -0.143. The minimum Gasteiger partial charge on any atom is -0.354 e. The molecule has 10 nitrogen and oxygen atoms in total. The second kappa shape index (κ2) is 10.4. The maximum atomic E-state index is 13.1. The molecule has 0 radical (unpaired) electrons. The third-order valence-electron chi connectivity index (χ3n) is 5.67. The molecule has 0 bridgehead atoms. The fraction of sp³-hybridized carbons (Fsp3) is 0.750. The van der Waals surface area contributed by atoms with Gasteiger partial charge in [-0.1, -0.05) is 12.8 Å². The van der Waals surface area contributed by atoms with Crippen LogP contribution in [0.3, 0.4) is 0 Å². The highest BCUT2D eigenvalue weighted by Gasteiger charge is 2.38. The molecule has 2 atom stereocenters. The van der Waals surface area contributed by atoms with Gasteiger partial charge in [0, 0.05) is 32.5 Å². The van der Waals surface area contributed by atoms with E-state index in [4.69, 9.17) is 0 Å². The van der Waals surface area contributed by atoms with Gasteiger partial charge in [-0.05, 0) is 26.7 Å². The van der Waals surface area contributed by atoms with Gasteiger partial charge in [0.25, 0.3) is 0 Å². The number of carbonyl (C=O) groups is 5. The highest BCUT2D eigenvalue weighted by molar-refractivity contribution is 5.90. The van der Waals surface area contributed by atoms with Crippen molar-refractivity contribution in [2.24, 2.45) is 5.41 Å². The van der Waals surface area contributed by atoms with Gasteiger partial charge in [-0.2, -0.15) is 0 Å². The van der Waals surface area contributed by atoms with Gasteiger partial charge in [0.2, 0.25) is 29.5 Å². The fourth-order valence-electron chi connectivity index (χ4n) is 3.84. The Balaban J connectivity index is 2.16. The minimum atomic E-state index is -0.847. The number of likely N-dealkylation sites (N-methyl/N-ethyl adjacent to an activating group) is 1. The molecular formula is C20H33N5O5. The number of hydrogen-bond donors (Lipinski definition) is 4. The van der Waals surface area contributed by atoms with Gasteiger partial charge in [0.1, 0.15) is 0 Å². The van der Waals surface area contributed by atoms with Crippen molar-refractivity contribution in [1.29, 1.82) is 0 Å². The number of fused-ring (bicyclic) bond motifs is 1. The van der Waals surface area contributed by atoms with Crippen molar-refractivity contribution in [3.8, 4) is 0 Å².